The first-order valence-electron chi connectivity index (χ1n) is 10.1. The Bertz CT molecular complexity index is 799. The zero-order chi connectivity index (χ0) is 19.8. The molecule has 5 nitrogen and oxygen atoms in total. The Morgan fingerprint density at radius 1 is 1.11 bits per heavy atom. The summed E-state index contributed by atoms with van der Waals surface area (Å²) in [6.07, 6.45) is 3.26. The van der Waals surface area contributed by atoms with Gasteiger partial charge in [-0.1, -0.05) is 42.5 Å². The standard InChI is InChI=1S/C23H29N3O2/c1-17-6-5-9-20(26-21(27)11-10-19-12-14-24-16-19)22(17)23(28)25-15-13-18-7-3-2-4-8-18/h2-9,19,24H,10-16H2,1H3,(H,25,28)(H,26,27). The van der Waals surface area contributed by atoms with Crippen LogP contribution in [0.25, 0.3) is 0 Å². The highest BCUT2D eigenvalue weighted by Gasteiger charge is 2.18. The van der Waals surface area contributed by atoms with E-state index in [-0.39, 0.29) is 11.8 Å². The lowest BCUT2D eigenvalue weighted by Gasteiger charge is -2.14. The molecular formula is C23H29N3O2. The van der Waals surface area contributed by atoms with E-state index in [1.165, 1.54) is 5.56 Å². The fourth-order valence-corrected chi connectivity index (χ4v) is 3.64. The Morgan fingerprint density at radius 2 is 1.93 bits per heavy atom. The van der Waals surface area contributed by atoms with Gasteiger partial charge in [0.1, 0.15) is 0 Å². The van der Waals surface area contributed by atoms with E-state index in [1.54, 1.807) is 6.07 Å². The number of amides is 2. The summed E-state index contributed by atoms with van der Waals surface area (Å²) in [5.74, 6) is 0.393. The number of hydrogen-bond donors (Lipinski definition) is 3. The molecule has 0 radical (unpaired) electrons. The Hall–Kier alpha value is -2.66. The van der Waals surface area contributed by atoms with Crippen LogP contribution in [-0.4, -0.2) is 31.4 Å². The average Bonchev–Trinajstić information content (AvgIpc) is 3.21. The molecule has 0 saturated carbocycles. The summed E-state index contributed by atoms with van der Waals surface area (Å²) < 4.78 is 0. The summed E-state index contributed by atoms with van der Waals surface area (Å²) in [6.45, 7) is 4.48. The topological polar surface area (TPSA) is 70.2 Å². The van der Waals surface area contributed by atoms with Gasteiger partial charge in [-0.2, -0.15) is 0 Å². The Balaban J connectivity index is 1.57. The summed E-state index contributed by atoms with van der Waals surface area (Å²) in [6, 6.07) is 15.6. The van der Waals surface area contributed by atoms with Crippen LogP contribution in [0, 0.1) is 12.8 Å². The van der Waals surface area contributed by atoms with Gasteiger partial charge in [-0.3, -0.25) is 9.59 Å². The van der Waals surface area contributed by atoms with Crippen molar-refractivity contribution in [3.63, 3.8) is 0 Å². The molecule has 1 aliphatic rings. The van der Waals surface area contributed by atoms with Crippen LogP contribution in [0.3, 0.4) is 0 Å². The Kier molecular flexibility index (Phi) is 7.20. The predicted octanol–water partition coefficient (Wildman–Crippen LogP) is 3.30. The fourth-order valence-electron chi connectivity index (χ4n) is 3.64. The average molecular weight is 380 g/mol. The van der Waals surface area contributed by atoms with E-state index >= 15 is 0 Å². The first kappa shape index (κ1) is 20.1. The number of anilines is 1. The van der Waals surface area contributed by atoms with E-state index in [9.17, 15) is 9.59 Å². The zero-order valence-corrected chi connectivity index (χ0v) is 16.5. The maximum atomic E-state index is 12.8. The van der Waals surface area contributed by atoms with Crippen molar-refractivity contribution >= 4 is 17.5 Å². The molecule has 0 aliphatic carbocycles. The van der Waals surface area contributed by atoms with Crippen LogP contribution in [0.15, 0.2) is 48.5 Å². The van der Waals surface area contributed by atoms with Crippen molar-refractivity contribution in [1.82, 2.24) is 10.6 Å². The minimum Gasteiger partial charge on any atom is -0.352 e. The summed E-state index contributed by atoms with van der Waals surface area (Å²) in [5, 5.41) is 9.25. The van der Waals surface area contributed by atoms with Crippen LogP contribution in [0.2, 0.25) is 0 Å². The number of rotatable bonds is 8. The zero-order valence-electron chi connectivity index (χ0n) is 16.5. The Labute approximate surface area is 166 Å². The van der Waals surface area contributed by atoms with Crippen LogP contribution >= 0.6 is 0 Å². The quantitative estimate of drug-likeness (QED) is 0.659. The van der Waals surface area contributed by atoms with Gasteiger partial charge in [-0.05, 0) is 62.4 Å². The smallest absolute Gasteiger partial charge is 0.253 e. The van der Waals surface area contributed by atoms with Crippen LogP contribution in [0.1, 0.15) is 40.7 Å². The fraction of sp³-hybridized carbons (Fsp3) is 0.391. The monoisotopic (exact) mass is 379 g/mol. The van der Waals surface area contributed by atoms with Crippen molar-refractivity contribution in [3.8, 4) is 0 Å². The van der Waals surface area contributed by atoms with Crippen LogP contribution < -0.4 is 16.0 Å². The molecule has 0 aromatic heterocycles. The number of benzene rings is 2. The third kappa shape index (κ3) is 5.67. The molecule has 3 N–H and O–H groups in total. The largest absolute Gasteiger partial charge is 0.352 e. The maximum absolute atomic E-state index is 12.8. The van der Waals surface area contributed by atoms with E-state index < -0.39 is 0 Å². The van der Waals surface area contributed by atoms with Gasteiger partial charge in [0.15, 0.2) is 0 Å². The van der Waals surface area contributed by atoms with Crippen molar-refractivity contribution in [2.75, 3.05) is 25.0 Å². The van der Waals surface area contributed by atoms with Gasteiger partial charge in [-0.15, -0.1) is 0 Å². The normalized spacial score (nSPS) is 16.0. The van der Waals surface area contributed by atoms with E-state index in [0.29, 0.717) is 30.1 Å². The van der Waals surface area contributed by atoms with Gasteiger partial charge < -0.3 is 16.0 Å². The van der Waals surface area contributed by atoms with Crippen LogP contribution in [0.4, 0.5) is 5.69 Å². The van der Waals surface area contributed by atoms with Gasteiger partial charge in [0.2, 0.25) is 5.91 Å². The molecule has 2 aromatic carbocycles. The van der Waals surface area contributed by atoms with Gasteiger partial charge in [0.05, 0.1) is 11.3 Å². The lowest BCUT2D eigenvalue weighted by atomic mass is 10.0. The molecule has 1 atom stereocenters. The highest BCUT2D eigenvalue weighted by atomic mass is 16.2. The molecule has 1 heterocycles. The molecule has 1 aliphatic heterocycles. The third-order valence-corrected chi connectivity index (χ3v) is 5.26. The molecule has 5 heteroatoms. The molecule has 148 valence electrons. The predicted molar refractivity (Wildman–Crippen MR) is 112 cm³/mol. The molecule has 2 amide bonds. The third-order valence-electron chi connectivity index (χ3n) is 5.26. The molecule has 1 saturated heterocycles. The van der Waals surface area contributed by atoms with Gasteiger partial charge in [0, 0.05) is 13.0 Å². The number of aryl methyl sites for hydroxylation is 1. The number of carbonyl (C=O) groups is 2. The minimum absolute atomic E-state index is 0.0316. The lowest BCUT2D eigenvalue weighted by Crippen LogP contribution is -2.28. The Morgan fingerprint density at radius 3 is 2.68 bits per heavy atom. The van der Waals surface area contributed by atoms with Crippen molar-refractivity contribution in [2.45, 2.75) is 32.6 Å². The minimum atomic E-state index is -0.149. The second-order valence-corrected chi connectivity index (χ2v) is 7.43. The number of hydrogen-bond acceptors (Lipinski definition) is 3. The molecule has 2 aromatic rings. The highest BCUT2D eigenvalue weighted by Crippen LogP contribution is 2.21. The van der Waals surface area contributed by atoms with Crippen LogP contribution in [0.5, 0.6) is 0 Å². The van der Waals surface area contributed by atoms with E-state index in [0.717, 1.165) is 37.9 Å². The second-order valence-electron chi connectivity index (χ2n) is 7.43. The van der Waals surface area contributed by atoms with Crippen LogP contribution in [-0.2, 0) is 11.2 Å². The molecule has 1 fully saturated rings. The van der Waals surface area contributed by atoms with Crippen molar-refractivity contribution in [2.24, 2.45) is 5.92 Å². The van der Waals surface area contributed by atoms with E-state index in [1.807, 2.05) is 49.4 Å². The van der Waals surface area contributed by atoms with Crippen molar-refractivity contribution in [3.05, 3.63) is 65.2 Å². The first-order valence-corrected chi connectivity index (χ1v) is 10.1. The highest BCUT2D eigenvalue weighted by molar-refractivity contribution is 6.04. The van der Waals surface area contributed by atoms with Crippen molar-refractivity contribution < 1.29 is 9.59 Å². The summed E-state index contributed by atoms with van der Waals surface area (Å²) in [5.41, 5.74) is 3.18. The van der Waals surface area contributed by atoms with Gasteiger partial charge in [-0.25, -0.2) is 0 Å². The van der Waals surface area contributed by atoms with Crippen molar-refractivity contribution in [1.29, 1.82) is 0 Å². The summed E-state index contributed by atoms with van der Waals surface area (Å²) in [4.78, 5) is 25.1. The SMILES string of the molecule is Cc1cccc(NC(=O)CCC2CCNC2)c1C(=O)NCCc1ccccc1. The van der Waals surface area contributed by atoms with Gasteiger partial charge in [0.25, 0.3) is 5.91 Å². The van der Waals surface area contributed by atoms with E-state index in [2.05, 4.69) is 16.0 Å². The van der Waals surface area contributed by atoms with Gasteiger partial charge >= 0.3 is 0 Å². The number of nitrogens with one attached hydrogen (secondary N) is 3. The molecule has 28 heavy (non-hydrogen) atoms. The molecule has 3 rings (SSSR count). The second kappa shape index (κ2) is 10.0. The maximum Gasteiger partial charge on any atom is 0.253 e. The molecule has 0 spiro atoms. The summed E-state index contributed by atoms with van der Waals surface area (Å²) in [7, 11) is 0. The summed E-state index contributed by atoms with van der Waals surface area (Å²) >= 11 is 0. The molecule has 0 bridgehead atoms. The number of carbonyl (C=O) groups excluding carboxylic acids is 2. The lowest BCUT2D eigenvalue weighted by molar-refractivity contribution is -0.116. The molecular weight excluding hydrogens is 350 g/mol. The van der Waals surface area contributed by atoms with E-state index in [4.69, 9.17) is 0 Å². The molecule has 1 unspecified atom stereocenters. The first-order chi connectivity index (χ1) is 13.6.